The molecule has 1 aromatic carbocycles. The summed E-state index contributed by atoms with van der Waals surface area (Å²) in [6.45, 7) is 10.2. The van der Waals surface area contributed by atoms with Crippen LogP contribution >= 0.6 is 0 Å². The van der Waals surface area contributed by atoms with E-state index in [1.807, 2.05) is 0 Å². The molecule has 0 bridgehead atoms. The zero-order valence-corrected chi connectivity index (χ0v) is 11.9. The molecular weight excluding hydrogens is 208 g/mol. The summed E-state index contributed by atoms with van der Waals surface area (Å²) in [5.74, 6) is 0.576. The lowest BCUT2D eigenvalue weighted by atomic mass is 9.88. The molecular formula is C15H24N2. The molecule has 0 radical (unpaired) electrons. The first-order chi connectivity index (χ1) is 7.99. The molecule has 17 heavy (non-hydrogen) atoms. The average Bonchev–Trinajstić information content (AvgIpc) is 2.65. The molecule has 0 aromatic heterocycles. The van der Waals surface area contributed by atoms with Gasteiger partial charge in [0.15, 0.2) is 0 Å². The first kappa shape index (κ1) is 12.3. The fourth-order valence-electron chi connectivity index (χ4n) is 3.23. The van der Waals surface area contributed by atoms with Crippen LogP contribution in [0.2, 0.25) is 0 Å². The van der Waals surface area contributed by atoms with Crippen molar-refractivity contribution in [2.75, 3.05) is 30.9 Å². The van der Waals surface area contributed by atoms with Crippen LogP contribution in [0.3, 0.4) is 0 Å². The Bertz CT molecular complexity index is 447. The number of benzene rings is 1. The Balaban J connectivity index is 2.77. The topological polar surface area (TPSA) is 15.3 Å². The Morgan fingerprint density at radius 2 is 1.82 bits per heavy atom. The van der Waals surface area contributed by atoms with Crippen molar-refractivity contribution in [3.8, 4) is 0 Å². The van der Waals surface area contributed by atoms with Crippen LogP contribution in [0.25, 0.3) is 0 Å². The van der Waals surface area contributed by atoms with Crippen LogP contribution in [-0.4, -0.2) is 20.6 Å². The molecule has 0 saturated carbocycles. The van der Waals surface area contributed by atoms with Crippen molar-refractivity contribution in [1.29, 1.82) is 0 Å². The lowest BCUT2D eigenvalue weighted by Gasteiger charge is -2.24. The van der Waals surface area contributed by atoms with Crippen molar-refractivity contribution in [1.82, 2.24) is 0 Å². The molecule has 1 aromatic rings. The SMILES string of the molecule is CNc1c2c(c(C)c(C)c1C(C)C)N(C)CC2. The molecule has 0 saturated heterocycles. The summed E-state index contributed by atoms with van der Waals surface area (Å²) in [6.07, 6.45) is 1.17. The molecule has 0 aliphatic carbocycles. The van der Waals surface area contributed by atoms with Gasteiger partial charge in [0.25, 0.3) is 0 Å². The number of hydrogen-bond donors (Lipinski definition) is 1. The van der Waals surface area contributed by atoms with Crippen LogP contribution in [0, 0.1) is 13.8 Å². The van der Waals surface area contributed by atoms with E-state index < -0.39 is 0 Å². The highest BCUT2D eigenvalue weighted by Gasteiger charge is 2.26. The monoisotopic (exact) mass is 232 g/mol. The average molecular weight is 232 g/mol. The first-order valence-corrected chi connectivity index (χ1v) is 6.53. The summed E-state index contributed by atoms with van der Waals surface area (Å²) in [6, 6.07) is 0. The van der Waals surface area contributed by atoms with Crippen molar-refractivity contribution in [3.63, 3.8) is 0 Å². The van der Waals surface area contributed by atoms with Gasteiger partial charge in [-0.15, -0.1) is 0 Å². The molecule has 0 unspecified atom stereocenters. The summed E-state index contributed by atoms with van der Waals surface area (Å²) >= 11 is 0. The van der Waals surface area contributed by atoms with Gasteiger partial charge in [0.05, 0.1) is 0 Å². The van der Waals surface area contributed by atoms with E-state index in [-0.39, 0.29) is 0 Å². The number of nitrogens with zero attached hydrogens (tertiary/aromatic N) is 1. The van der Waals surface area contributed by atoms with Gasteiger partial charge in [0, 0.05) is 37.6 Å². The van der Waals surface area contributed by atoms with Crippen LogP contribution in [0.5, 0.6) is 0 Å². The molecule has 2 rings (SSSR count). The maximum Gasteiger partial charge on any atom is 0.0450 e. The van der Waals surface area contributed by atoms with E-state index in [1.54, 1.807) is 0 Å². The van der Waals surface area contributed by atoms with Gasteiger partial charge in [-0.1, -0.05) is 13.8 Å². The standard InChI is InChI=1S/C15H24N2/c1-9(2)13-10(3)11(4)15-12(14(13)16-5)7-8-17(15)6/h9,16H,7-8H2,1-6H3. The van der Waals surface area contributed by atoms with Gasteiger partial charge in [-0.3, -0.25) is 0 Å². The first-order valence-electron chi connectivity index (χ1n) is 6.53. The third kappa shape index (κ3) is 1.70. The minimum absolute atomic E-state index is 0.576. The molecule has 1 heterocycles. The highest BCUT2D eigenvalue weighted by molar-refractivity contribution is 5.78. The lowest BCUT2D eigenvalue weighted by Crippen LogP contribution is -2.14. The van der Waals surface area contributed by atoms with E-state index in [0.717, 1.165) is 6.54 Å². The third-order valence-corrected chi connectivity index (χ3v) is 4.08. The van der Waals surface area contributed by atoms with Crippen molar-refractivity contribution in [3.05, 3.63) is 22.3 Å². The number of fused-ring (bicyclic) bond motifs is 1. The van der Waals surface area contributed by atoms with E-state index in [1.165, 1.54) is 40.0 Å². The zero-order valence-electron chi connectivity index (χ0n) is 11.9. The molecule has 2 heteroatoms. The Morgan fingerprint density at radius 1 is 1.18 bits per heavy atom. The third-order valence-electron chi connectivity index (χ3n) is 4.08. The smallest absolute Gasteiger partial charge is 0.0450 e. The van der Waals surface area contributed by atoms with Crippen LogP contribution in [0.4, 0.5) is 11.4 Å². The number of likely N-dealkylation sites (N-methyl/N-ethyl adjacent to an activating group) is 1. The summed E-state index contributed by atoms with van der Waals surface area (Å²) in [5, 5.41) is 3.44. The van der Waals surface area contributed by atoms with E-state index >= 15 is 0 Å². The molecule has 0 spiro atoms. The molecule has 1 aliphatic heterocycles. The predicted octanol–water partition coefficient (Wildman–Crippen LogP) is 3.46. The number of anilines is 2. The number of nitrogens with one attached hydrogen (secondary N) is 1. The van der Waals surface area contributed by atoms with Crippen LogP contribution in [0.1, 0.15) is 42.0 Å². The highest BCUT2D eigenvalue weighted by Crippen LogP contribution is 2.43. The molecule has 94 valence electrons. The van der Waals surface area contributed by atoms with Crippen LogP contribution in [-0.2, 0) is 6.42 Å². The fourth-order valence-corrected chi connectivity index (χ4v) is 3.23. The quantitative estimate of drug-likeness (QED) is 0.840. The van der Waals surface area contributed by atoms with E-state index in [4.69, 9.17) is 0 Å². The van der Waals surface area contributed by atoms with Gasteiger partial charge in [-0.25, -0.2) is 0 Å². The number of hydrogen-bond acceptors (Lipinski definition) is 2. The molecule has 0 atom stereocenters. The molecule has 1 N–H and O–H groups in total. The van der Waals surface area contributed by atoms with Gasteiger partial charge in [0.2, 0.25) is 0 Å². The van der Waals surface area contributed by atoms with Gasteiger partial charge in [-0.05, 0) is 42.9 Å². The highest BCUT2D eigenvalue weighted by atomic mass is 15.1. The van der Waals surface area contributed by atoms with Gasteiger partial charge in [-0.2, -0.15) is 0 Å². The molecule has 1 aliphatic rings. The van der Waals surface area contributed by atoms with Crippen molar-refractivity contribution < 1.29 is 0 Å². The van der Waals surface area contributed by atoms with Gasteiger partial charge in [0.1, 0.15) is 0 Å². The summed E-state index contributed by atoms with van der Waals surface area (Å²) in [4.78, 5) is 2.39. The minimum Gasteiger partial charge on any atom is -0.388 e. The second-order valence-corrected chi connectivity index (χ2v) is 5.44. The van der Waals surface area contributed by atoms with E-state index in [2.05, 4.69) is 52.0 Å². The minimum atomic E-state index is 0.576. The van der Waals surface area contributed by atoms with E-state index in [0.29, 0.717) is 5.92 Å². The molecule has 0 fully saturated rings. The molecule has 0 amide bonds. The molecule has 2 nitrogen and oxygen atoms in total. The van der Waals surface area contributed by atoms with Crippen LogP contribution in [0.15, 0.2) is 0 Å². The van der Waals surface area contributed by atoms with Crippen molar-refractivity contribution in [2.24, 2.45) is 0 Å². The largest absolute Gasteiger partial charge is 0.388 e. The lowest BCUT2D eigenvalue weighted by molar-refractivity contribution is 0.853. The summed E-state index contributed by atoms with van der Waals surface area (Å²) < 4.78 is 0. The normalized spacial score (nSPS) is 14.4. The zero-order chi connectivity index (χ0) is 12.7. The second-order valence-electron chi connectivity index (χ2n) is 5.44. The Hall–Kier alpha value is -1.18. The Labute approximate surface area is 105 Å². The summed E-state index contributed by atoms with van der Waals surface area (Å²) in [7, 11) is 4.25. The number of rotatable bonds is 2. The maximum atomic E-state index is 3.44. The van der Waals surface area contributed by atoms with E-state index in [9.17, 15) is 0 Å². The summed E-state index contributed by atoms with van der Waals surface area (Å²) in [5.41, 5.74) is 8.76. The Morgan fingerprint density at radius 3 is 2.35 bits per heavy atom. The second kappa shape index (κ2) is 4.25. The predicted molar refractivity (Wildman–Crippen MR) is 76.5 cm³/mol. The maximum absolute atomic E-state index is 3.44. The van der Waals surface area contributed by atoms with Crippen LogP contribution < -0.4 is 10.2 Å². The van der Waals surface area contributed by atoms with Gasteiger partial charge >= 0.3 is 0 Å². The Kier molecular flexibility index (Phi) is 3.07. The van der Waals surface area contributed by atoms with Gasteiger partial charge < -0.3 is 10.2 Å². The fraction of sp³-hybridized carbons (Fsp3) is 0.600. The van der Waals surface area contributed by atoms with Crippen molar-refractivity contribution >= 4 is 11.4 Å². The van der Waals surface area contributed by atoms with Crippen molar-refractivity contribution in [2.45, 2.75) is 40.0 Å².